The van der Waals surface area contributed by atoms with E-state index in [-0.39, 0.29) is 5.54 Å². The Morgan fingerprint density at radius 2 is 1.82 bits per heavy atom. The van der Waals surface area contributed by atoms with Crippen LogP contribution in [0.4, 0.5) is 0 Å². The average Bonchev–Trinajstić information content (AvgIpc) is 2.41. The Bertz CT molecular complexity index is 358. The molecule has 0 amide bonds. The van der Waals surface area contributed by atoms with Crippen LogP contribution in [-0.2, 0) is 11.2 Å². The zero-order valence-electron chi connectivity index (χ0n) is 11.0. The highest BCUT2D eigenvalue weighted by Gasteiger charge is 2.26. The van der Waals surface area contributed by atoms with E-state index in [1.54, 1.807) is 0 Å². The third-order valence-corrected chi connectivity index (χ3v) is 3.55. The zero-order valence-corrected chi connectivity index (χ0v) is 11.0. The Hall–Kier alpha value is -0.860. The van der Waals surface area contributed by atoms with Crippen molar-refractivity contribution in [3.8, 4) is 0 Å². The van der Waals surface area contributed by atoms with Crippen LogP contribution in [0.5, 0.6) is 0 Å². The van der Waals surface area contributed by atoms with Crippen molar-refractivity contribution in [1.29, 1.82) is 0 Å². The number of hydrogen-bond donors (Lipinski definition) is 1. The summed E-state index contributed by atoms with van der Waals surface area (Å²) in [4.78, 5) is 0. The summed E-state index contributed by atoms with van der Waals surface area (Å²) in [6, 6.07) is 6.73. The fourth-order valence-electron chi connectivity index (χ4n) is 2.78. The van der Waals surface area contributed by atoms with Crippen molar-refractivity contribution in [1.82, 2.24) is 0 Å². The molecule has 2 heteroatoms. The fourth-order valence-corrected chi connectivity index (χ4v) is 2.78. The molecule has 2 rings (SSSR count). The monoisotopic (exact) mass is 233 g/mol. The predicted molar refractivity (Wildman–Crippen MR) is 71.2 cm³/mol. The molecule has 1 aliphatic rings. The topological polar surface area (TPSA) is 35.2 Å². The molecule has 0 radical (unpaired) electrons. The number of ether oxygens (including phenoxy) is 1. The van der Waals surface area contributed by atoms with Gasteiger partial charge in [0.05, 0.1) is 0 Å². The molecule has 1 heterocycles. The lowest BCUT2D eigenvalue weighted by atomic mass is 9.84. The molecule has 0 spiro atoms. The summed E-state index contributed by atoms with van der Waals surface area (Å²) in [5, 5.41) is 0. The quantitative estimate of drug-likeness (QED) is 0.852. The maximum absolute atomic E-state index is 6.51. The number of aryl methyl sites for hydroxylation is 2. The van der Waals surface area contributed by atoms with Crippen LogP contribution < -0.4 is 5.73 Å². The SMILES string of the molecule is Cc1cc(C)cc(CC2(N)CCCOCC2)c1. The highest BCUT2D eigenvalue weighted by atomic mass is 16.5. The van der Waals surface area contributed by atoms with Gasteiger partial charge in [0.1, 0.15) is 0 Å². The van der Waals surface area contributed by atoms with Crippen LogP contribution in [0.2, 0.25) is 0 Å². The van der Waals surface area contributed by atoms with Crippen LogP contribution in [-0.4, -0.2) is 18.8 Å². The van der Waals surface area contributed by atoms with E-state index in [4.69, 9.17) is 10.5 Å². The average molecular weight is 233 g/mol. The zero-order chi connectivity index (χ0) is 12.3. The summed E-state index contributed by atoms with van der Waals surface area (Å²) in [6.45, 7) is 5.97. The smallest absolute Gasteiger partial charge is 0.0483 e. The van der Waals surface area contributed by atoms with Crippen molar-refractivity contribution in [2.45, 2.75) is 45.1 Å². The number of benzene rings is 1. The van der Waals surface area contributed by atoms with Crippen molar-refractivity contribution in [2.75, 3.05) is 13.2 Å². The molecule has 0 bridgehead atoms. The van der Waals surface area contributed by atoms with E-state index in [9.17, 15) is 0 Å². The molecule has 1 fully saturated rings. The highest BCUT2D eigenvalue weighted by molar-refractivity contribution is 5.29. The predicted octanol–water partition coefficient (Wildman–Crippen LogP) is 2.74. The number of rotatable bonds is 2. The number of hydrogen-bond acceptors (Lipinski definition) is 2. The van der Waals surface area contributed by atoms with Crippen LogP contribution in [0.15, 0.2) is 18.2 Å². The van der Waals surface area contributed by atoms with Crippen molar-refractivity contribution < 1.29 is 4.74 Å². The van der Waals surface area contributed by atoms with Gasteiger partial charge in [-0.05, 0) is 45.1 Å². The number of nitrogens with two attached hydrogens (primary N) is 1. The molecule has 1 saturated heterocycles. The summed E-state index contributed by atoms with van der Waals surface area (Å²) in [6.07, 6.45) is 4.10. The first-order valence-electron chi connectivity index (χ1n) is 6.51. The van der Waals surface area contributed by atoms with Crippen molar-refractivity contribution in [3.63, 3.8) is 0 Å². The normalized spacial score (nSPS) is 25.6. The summed E-state index contributed by atoms with van der Waals surface area (Å²) in [5.41, 5.74) is 10.5. The van der Waals surface area contributed by atoms with E-state index < -0.39 is 0 Å². The molecular weight excluding hydrogens is 210 g/mol. The van der Waals surface area contributed by atoms with E-state index in [2.05, 4.69) is 32.0 Å². The third-order valence-electron chi connectivity index (χ3n) is 3.55. The van der Waals surface area contributed by atoms with Gasteiger partial charge in [0.2, 0.25) is 0 Å². The lowest BCUT2D eigenvalue weighted by Gasteiger charge is -2.27. The molecule has 1 atom stereocenters. The van der Waals surface area contributed by atoms with Gasteiger partial charge in [-0.3, -0.25) is 0 Å². The van der Waals surface area contributed by atoms with Gasteiger partial charge < -0.3 is 10.5 Å². The highest BCUT2D eigenvalue weighted by Crippen LogP contribution is 2.24. The molecule has 94 valence electrons. The van der Waals surface area contributed by atoms with Crippen LogP contribution in [0, 0.1) is 13.8 Å². The maximum atomic E-state index is 6.51. The Morgan fingerprint density at radius 1 is 1.12 bits per heavy atom. The minimum absolute atomic E-state index is 0.0727. The minimum atomic E-state index is -0.0727. The Kier molecular flexibility index (Phi) is 3.85. The first kappa shape index (κ1) is 12.6. The first-order valence-corrected chi connectivity index (χ1v) is 6.51. The second-order valence-electron chi connectivity index (χ2n) is 5.50. The summed E-state index contributed by atoms with van der Waals surface area (Å²) < 4.78 is 5.50. The maximum Gasteiger partial charge on any atom is 0.0483 e. The molecule has 1 aromatic rings. The standard InChI is InChI=1S/C15H23NO/c1-12-8-13(2)10-14(9-12)11-15(16)4-3-6-17-7-5-15/h8-10H,3-7,11,16H2,1-2H3. The molecule has 2 nitrogen and oxygen atoms in total. The largest absolute Gasteiger partial charge is 0.381 e. The minimum Gasteiger partial charge on any atom is -0.381 e. The Morgan fingerprint density at radius 3 is 2.53 bits per heavy atom. The van der Waals surface area contributed by atoms with Crippen molar-refractivity contribution in [3.05, 3.63) is 34.9 Å². The van der Waals surface area contributed by atoms with Gasteiger partial charge in [0.25, 0.3) is 0 Å². The van der Waals surface area contributed by atoms with Gasteiger partial charge in [-0.25, -0.2) is 0 Å². The Labute approximate surface area is 104 Å². The van der Waals surface area contributed by atoms with Gasteiger partial charge in [-0.15, -0.1) is 0 Å². The van der Waals surface area contributed by atoms with Crippen LogP contribution >= 0.6 is 0 Å². The van der Waals surface area contributed by atoms with Gasteiger partial charge in [0, 0.05) is 18.8 Å². The molecule has 17 heavy (non-hydrogen) atoms. The lowest BCUT2D eigenvalue weighted by Crippen LogP contribution is -2.42. The van der Waals surface area contributed by atoms with E-state index in [1.807, 2.05) is 0 Å². The fraction of sp³-hybridized carbons (Fsp3) is 0.600. The first-order chi connectivity index (χ1) is 8.07. The van der Waals surface area contributed by atoms with Gasteiger partial charge >= 0.3 is 0 Å². The molecule has 0 saturated carbocycles. The van der Waals surface area contributed by atoms with Crippen LogP contribution in [0.25, 0.3) is 0 Å². The third kappa shape index (κ3) is 3.55. The Balaban J connectivity index is 2.12. The van der Waals surface area contributed by atoms with Crippen LogP contribution in [0.1, 0.15) is 36.0 Å². The van der Waals surface area contributed by atoms with Gasteiger partial charge in [0.15, 0.2) is 0 Å². The van der Waals surface area contributed by atoms with E-state index in [0.29, 0.717) is 0 Å². The molecule has 2 N–H and O–H groups in total. The van der Waals surface area contributed by atoms with Crippen molar-refractivity contribution >= 4 is 0 Å². The molecule has 0 aliphatic carbocycles. The molecule has 0 aromatic heterocycles. The molecule has 1 aliphatic heterocycles. The van der Waals surface area contributed by atoms with E-state index >= 15 is 0 Å². The summed E-state index contributed by atoms with van der Waals surface area (Å²) >= 11 is 0. The van der Waals surface area contributed by atoms with E-state index in [0.717, 1.165) is 38.9 Å². The second kappa shape index (κ2) is 5.19. The van der Waals surface area contributed by atoms with E-state index in [1.165, 1.54) is 16.7 Å². The van der Waals surface area contributed by atoms with Crippen LogP contribution in [0.3, 0.4) is 0 Å². The summed E-state index contributed by atoms with van der Waals surface area (Å²) in [7, 11) is 0. The second-order valence-corrected chi connectivity index (χ2v) is 5.50. The summed E-state index contributed by atoms with van der Waals surface area (Å²) in [5.74, 6) is 0. The molecule has 1 aromatic carbocycles. The van der Waals surface area contributed by atoms with Gasteiger partial charge in [-0.2, -0.15) is 0 Å². The molecule has 1 unspecified atom stereocenters. The van der Waals surface area contributed by atoms with Crippen molar-refractivity contribution in [2.24, 2.45) is 5.73 Å². The van der Waals surface area contributed by atoms with Gasteiger partial charge in [-0.1, -0.05) is 29.3 Å². The molecular formula is C15H23NO. The lowest BCUT2D eigenvalue weighted by molar-refractivity contribution is 0.139.